The van der Waals surface area contributed by atoms with E-state index >= 15 is 0 Å². The summed E-state index contributed by atoms with van der Waals surface area (Å²) in [4.78, 5) is 0. The zero-order valence-corrected chi connectivity index (χ0v) is 14.2. The van der Waals surface area contributed by atoms with Crippen LogP contribution in [0.2, 0.25) is 0 Å². The molecule has 0 aliphatic rings. The second-order valence-electron chi connectivity index (χ2n) is 4.55. The van der Waals surface area contributed by atoms with Crippen LogP contribution in [-0.2, 0) is 6.54 Å². The second-order valence-corrected chi connectivity index (χ2v) is 6.59. The van der Waals surface area contributed by atoms with Gasteiger partial charge in [-0.25, -0.2) is 0 Å². The van der Waals surface area contributed by atoms with Crippen molar-refractivity contribution >= 4 is 31.9 Å². The Morgan fingerprint density at radius 2 is 2.11 bits per heavy atom. The van der Waals surface area contributed by atoms with Crippen molar-refractivity contribution in [2.24, 2.45) is 0 Å². The molecule has 0 aliphatic heterocycles. The van der Waals surface area contributed by atoms with E-state index in [0.29, 0.717) is 12.6 Å². The summed E-state index contributed by atoms with van der Waals surface area (Å²) in [6, 6.07) is 4.60. The van der Waals surface area contributed by atoms with E-state index in [4.69, 9.17) is 4.74 Å². The smallest absolute Gasteiger partial charge is 0.127 e. The Labute approximate surface area is 126 Å². The normalized spacial score (nSPS) is 10.8. The van der Waals surface area contributed by atoms with E-state index in [1.54, 1.807) is 0 Å². The number of rotatable bonds is 6. The van der Waals surface area contributed by atoms with Gasteiger partial charge >= 0.3 is 0 Å². The van der Waals surface area contributed by atoms with Crippen LogP contribution in [0.25, 0.3) is 0 Å². The summed E-state index contributed by atoms with van der Waals surface area (Å²) in [5.74, 6) is 0.937. The van der Waals surface area contributed by atoms with Gasteiger partial charge in [0.25, 0.3) is 0 Å². The number of hydrogen-bond acceptors (Lipinski definition) is 2. The molecule has 4 heteroatoms. The molecular weight excluding hydrogens is 358 g/mol. The van der Waals surface area contributed by atoms with Gasteiger partial charge < -0.3 is 10.1 Å². The summed E-state index contributed by atoms with van der Waals surface area (Å²) >= 11 is 6.84. The minimum Gasteiger partial charge on any atom is -0.488 e. The molecular formula is C14H19Br2NO. The van der Waals surface area contributed by atoms with Crippen LogP contribution in [0.15, 0.2) is 27.7 Å². The molecule has 1 aromatic rings. The Bertz CT molecular complexity index is 430. The summed E-state index contributed by atoms with van der Waals surface area (Å²) in [5, 5.41) is 3.41. The minimum absolute atomic E-state index is 0.447. The van der Waals surface area contributed by atoms with Crippen LogP contribution in [0.1, 0.15) is 25.0 Å². The summed E-state index contributed by atoms with van der Waals surface area (Å²) in [6.07, 6.45) is 0. The van der Waals surface area contributed by atoms with Gasteiger partial charge in [0.1, 0.15) is 12.4 Å². The third kappa shape index (κ3) is 5.12. The van der Waals surface area contributed by atoms with Crippen LogP contribution in [0.4, 0.5) is 0 Å². The molecule has 1 rings (SSSR count). The molecule has 0 atom stereocenters. The highest BCUT2D eigenvalue weighted by atomic mass is 79.9. The fourth-order valence-corrected chi connectivity index (χ4v) is 2.34. The Hall–Kier alpha value is -0.320. The standard InChI is InChI=1S/C14H19Br2NO/c1-9(2)17-7-12-6-13(16)5-10(3)14(12)18-8-11(4)15/h5-6,9,17H,4,7-8H2,1-3H3. The fraction of sp³-hybridized carbons (Fsp3) is 0.429. The topological polar surface area (TPSA) is 21.3 Å². The Morgan fingerprint density at radius 1 is 1.44 bits per heavy atom. The molecule has 18 heavy (non-hydrogen) atoms. The zero-order chi connectivity index (χ0) is 13.7. The van der Waals surface area contributed by atoms with Gasteiger partial charge in [-0.15, -0.1) is 0 Å². The van der Waals surface area contributed by atoms with Crippen molar-refractivity contribution in [3.63, 3.8) is 0 Å². The molecule has 0 saturated heterocycles. The minimum atomic E-state index is 0.447. The molecule has 0 unspecified atom stereocenters. The van der Waals surface area contributed by atoms with Crippen molar-refractivity contribution in [2.75, 3.05) is 6.61 Å². The van der Waals surface area contributed by atoms with Gasteiger partial charge in [0.2, 0.25) is 0 Å². The highest BCUT2D eigenvalue weighted by molar-refractivity contribution is 9.11. The summed E-state index contributed by atoms with van der Waals surface area (Å²) < 4.78 is 7.72. The van der Waals surface area contributed by atoms with Crippen LogP contribution in [0, 0.1) is 6.92 Å². The van der Waals surface area contributed by atoms with E-state index < -0.39 is 0 Å². The molecule has 0 radical (unpaired) electrons. The largest absolute Gasteiger partial charge is 0.488 e. The lowest BCUT2D eigenvalue weighted by Gasteiger charge is -2.16. The maximum absolute atomic E-state index is 5.81. The third-order valence-corrected chi connectivity index (χ3v) is 3.08. The van der Waals surface area contributed by atoms with Gasteiger partial charge in [-0.1, -0.05) is 52.3 Å². The summed E-state index contributed by atoms with van der Waals surface area (Å²) in [7, 11) is 0. The lowest BCUT2D eigenvalue weighted by molar-refractivity contribution is 0.352. The first-order chi connectivity index (χ1) is 8.40. The highest BCUT2D eigenvalue weighted by Gasteiger charge is 2.09. The highest BCUT2D eigenvalue weighted by Crippen LogP contribution is 2.28. The predicted molar refractivity (Wildman–Crippen MR) is 84.4 cm³/mol. The van der Waals surface area contributed by atoms with Crippen LogP contribution >= 0.6 is 31.9 Å². The molecule has 0 spiro atoms. The average Bonchev–Trinajstić information content (AvgIpc) is 2.24. The number of benzene rings is 1. The SMILES string of the molecule is C=C(Br)COc1c(C)cc(Br)cc1CNC(C)C. The maximum atomic E-state index is 5.81. The van der Waals surface area contributed by atoms with E-state index in [2.05, 4.69) is 76.7 Å². The van der Waals surface area contributed by atoms with Gasteiger partial charge in [0.15, 0.2) is 0 Å². The Balaban J connectivity index is 2.93. The van der Waals surface area contributed by atoms with E-state index in [-0.39, 0.29) is 0 Å². The van der Waals surface area contributed by atoms with Gasteiger partial charge in [0.05, 0.1) is 0 Å². The first-order valence-corrected chi connectivity index (χ1v) is 7.47. The number of ether oxygens (including phenoxy) is 1. The van der Waals surface area contributed by atoms with Crippen LogP contribution in [0.3, 0.4) is 0 Å². The van der Waals surface area contributed by atoms with Gasteiger partial charge in [-0.3, -0.25) is 0 Å². The summed E-state index contributed by atoms with van der Waals surface area (Å²) in [5.41, 5.74) is 2.28. The van der Waals surface area contributed by atoms with Crippen molar-refractivity contribution < 1.29 is 4.74 Å². The number of hydrogen-bond donors (Lipinski definition) is 1. The molecule has 0 aliphatic carbocycles. The van der Waals surface area contributed by atoms with Crippen molar-refractivity contribution in [2.45, 2.75) is 33.4 Å². The quantitative estimate of drug-likeness (QED) is 0.786. The van der Waals surface area contributed by atoms with Crippen LogP contribution in [0.5, 0.6) is 5.75 Å². The molecule has 0 aromatic heterocycles. The molecule has 0 heterocycles. The lowest BCUT2D eigenvalue weighted by atomic mass is 10.1. The molecule has 1 aromatic carbocycles. The van der Waals surface area contributed by atoms with E-state index in [9.17, 15) is 0 Å². The van der Waals surface area contributed by atoms with E-state index in [1.165, 1.54) is 0 Å². The van der Waals surface area contributed by atoms with Gasteiger partial charge in [-0.2, -0.15) is 0 Å². The van der Waals surface area contributed by atoms with Crippen LogP contribution < -0.4 is 10.1 Å². The van der Waals surface area contributed by atoms with Gasteiger partial charge in [0, 0.05) is 27.1 Å². The fourth-order valence-electron chi connectivity index (χ4n) is 1.60. The first-order valence-electron chi connectivity index (χ1n) is 5.88. The average molecular weight is 377 g/mol. The number of halogens is 2. The monoisotopic (exact) mass is 375 g/mol. The third-order valence-electron chi connectivity index (χ3n) is 2.39. The zero-order valence-electron chi connectivity index (χ0n) is 11.0. The lowest BCUT2D eigenvalue weighted by Crippen LogP contribution is -2.22. The number of aryl methyl sites for hydroxylation is 1. The first kappa shape index (κ1) is 15.7. The molecule has 0 fully saturated rings. The van der Waals surface area contributed by atoms with Crippen LogP contribution in [-0.4, -0.2) is 12.6 Å². The Morgan fingerprint density at radius 3 is 2.67 bits per heavy atom. The molecule has 100 valence electrons. The predicted octanol–water partition coefficient (Wildman–Crippen LogP) is 4.54. The molecule has 0 saturated carbocycles. The second kappa shape index (κ2) is 7.31. The van der Waals surface area contributed by atoms with Crippen molar-refractivity contribution in [3.05, 3.63) is 38.8 Å². The molecule has 0 bridgehead atoms. The van der Waals surface area contributed by atoms with E-state index in [1.807, 2.05) is 0 Å². The number of nitrogens with one attached hydrogen (secondary N) is 1. The van der Waals surface area contributed by atoms with Crippen molar-refractivity contribution in [1.82, 2.24) is 5.32 Å². The van der Waals surface area contributed by atoms with Gasteiger partial charge in [-0.05, 0) is 24.6 Å². The molecule has 0 amide bonds. The van der Waals surface area contributed by atoms with E-state index in [0.717, 1.165) is 32.4 Å². The summed E-state index contributed by atoms with van der Waals surface area (Å²) in [6.45, 7) is 11.4. The molecule has 2 nitrogen and oxygen atoms in total. The molecule has 1 N–H and O–H groups in total. The van der Waals surface area contributed by atoms with Crippen molar-refractivity contribution in [1.29, 1.82) is 0 Å². The van der Waals surface area contributed by atoms with Crippen molar-refractivity contribution in [3.8, 4) is 5.75 Å². The maximum Gasteiger partial charge on any atom is 0.127 e. The Kier molecular flexibility index (Phi) is 6.39.